The van der Waals surface area contributed by atoms with Gasteiger partial charge in [-0.25, -0.2) is 0 Å². The normalized spacial score (nSPS) is 10.6. The molecule has 0 spiro atoms. The molecule has 0 amide bonds. The van der Waals surface area contributed by atoms with Crippen molar-refractivity contribution in [3.63, 3.8) is 0 Å². The van der Waals surface area contributed by atoms with Gasteiger partial charge in [-0.2, -0.15) is 0 Å². The van der Waals surface area contributed by atoms with Crippen LogP contribution >= 0.6 is 0 Å². The van der Waals surface area contributed by atoms with Crippen molar-refractivity contribution in [2.24, 2.45) is 0 Å². The van der Waals surface area contributed by atoms with Crippen molar-refractivity contribution in [1.82, 2.24) is 9.97 Å². The molecule has 0 unspecified atom stereocenters. The third kappa shape index (κ3) is 2.10. The van der Waals surface area contributed by atoms with E-state index in [4.69, 9.17) is 0 Å². The Kier molecular flexibility index (Phi) is 2.80. The second kappa shape index (κ2) is 4.61. The first-order valence-corrected chi connectivity index (χ1v) is 6.07. The van der Waals surface area contributed by atoms with Crippen molar-refractivity contribution >= 4 is 16.7 Å². The Morgan fingerprint density at radius 2 is 1.89 bits per heavy atom. The van der Waals surface area contributed by atoms with E-state index < -0.39 is 0 Å². The number of aryl methyl sites for hydroxylation is 1. The molecule has 92 valence electrons. The third-order valence-electron chi connectivity index (χ3n) is 3.06. The molecule has 0 atom stereocenters. The summed E-state index contributed by atoms with van der Waals surface area (Å²) in [5.74, 6) is -0.0221. The van der Waals surface area contributed by atoms with Crippen LogP contribution in [-0.4, -0.2) is 15.8 Å². The van der Waals surface area contributed by atoms with Crippen LogP contribution in [0.2, 0.25) is 0 Å². The summed E-state index contributed by atoms with van der Waals surface area (Å²) in [6, 6.07) is 13.0. The predicted molar refractivity (Wildman–Crippen MR) is 74.1 cm³/mol. The van der Waals surface area contributed by atoms with Crippen molar-refractivity contribution in [3.05, 3.63) is 71.7 Å². The molecule has 0 fully saturated rings. The van der Waals surface area contributed by atoms with Gasteiger partial charge in [0.1, 0.15) is 0 Å². The van der Waals surface area contributed by atoms with E-state index in [9.17, 15) is 4.79 Å². The molecule has 0 bridgehead atoms. The zero-order chi connectivity index (χ0) is 13.2. The summed E-state index contributed by atoms with van der Waals surface area (Å²) >= 11 is 0. The fourth-order valence-corrected chi connectivity index (χ4v) is 2.06. The van der Waals surface area contributed by atoms with Gasteiger partial charge >= 0.3 is 0 Å². The van der Waals surface area contributed by atoms with Crippen molar-refractivity contribution in [3.8, 4) is 0 Å². The average molecular weight is 248 g/mol. The highest BCUT2D eigenvalue weighted by Crippen LogP contribution is 2.19. The zero-order valence-electron chi connectivity index (χ0n) is 10.5. The van der Waals surface area contributed by atoms with E-state index >= 15 is 0 Å². The number of carbonyl (C=O) groups is 1. The second-order valence-corrected chi connectivity index (χ2v) is 4.39. The fourth-order valence-electron chi connectivity index (χ4n) is 2.06. The summed E-state index contributed by atoms with van der Waals surface area (Å²) in [5.41, 5.74) is 2.99. The second-order valence-electron chi connectivity index (χ2n) is 4.39. The Bertz CT molecular complexity index is 743. The summed E-state index contributed by atoms with van der Waals surface area (Å²) in [7, 11) is 0. The first-order valence-electron chi connectivity index (χ1n) is 6.07. The van der Waals surface area contributed by atoms with Crippen LogP contribution in [0.5, 0.6) is 0 Å². The highest BCUT2D eigenvalue weighted by atomic mass is 16.1. The number of carbonyl (C=O) groups excluding carboxylic acids is 1. The molecule has 2 aromatic heterocycles. The van der Waals surface area contributed by atoms with E-state index in [1.54, 1.807) is 18.5 Å². The predicted octanol–water partition coefficient (Wildman–Crippen LogP) is 3.17. The standard InChI is InChI=1S/C16H12N2O/c1-11-7-8-12(10-18-11)16(19)14-4-2-6-15-13(14)5-3-9-17-15/h2-10H,1H3. The number of pyridine rings is 2. The lowest BCUT2D eigenvalue weighted by Gasteiger charge is -2.05. The summed E-state index contributed by atoms with van der Waals surface area (Å²) in [6.07, 6.45) is 3.34. The monoisotopic (exact) mass is 248 g/mol. The summed E-state index contributed by atoms with van der Waals surface area (Å²) in [5, 5.41) is 0.871. The largest absolute Gasteiger partial charge is 0.289 e. The van der Waals surface area contributed by atoms with E-state index in [0.717, 1.165) is 16.6 Å². The number of aromatic nitrogens is 2. The maximum absolute atomic E-state index is 12.5. The van der Waals surface area contributed by atoms with E-state index in [1.165, 1.54) is 0 Å². The van der Waals surface area contributed by atoms with Crippen molar-refractivity contribution < 1.29 is 4.79 Å². The van der Waals surface area contributed by atoms with Gasteiger partial charge < -0.3 is 0 Å². The summed E-state index contributed by atoms with van der Waals surface area (Å²) < 4.78 is 0. The highest BCUT2D eigenvalue weighted by Gasteiger charge is 2.12. The fraction of sp³-hybridized carbons (Fsp3) is 0.0625. The molecule has 0 radical (unpaired) electrons. The van der Waals surface area contributed by atoms with E-state index in [0.29, 0.717) is 11.1 Å². The maximum Gasteiger partial charge on any atom is 0.195 e. The number of benzene rings is 1. The Balaban J connectivity index is 2.14. The van der Waals surface area contributed by atoms with Gasteiger partial charge in [0.05, 0.1) is 5.52 Å². The Morgan fingerprint density at radius 3 is 2.68 bits per heavy atom. The number of fused-ring (bicyclic) bond motifs is 1. The van der Waals surface area contributed by atoms with Gasteiger partial charge in [0.2, 0.25) is 0 Å². The first-order chi connectivity index (χ1) is 9.25. The molecule has 3 heteroatoms. The van der Waals surface area contributed by atoms with Gasteiger partial charge in [0, 0.05) is 34.6 Å². The molecule has 0 aliphatic rings. The molecule has 19 heavy (non-hydrogen) atoms. The molecular formula is C16H12N2O. The third-order valence-corrected chi connectivity index (χ3v) is 3.06. The van der Waals surface area contributed by atoms with E-state index in [-0.39, 0.29) is 5.78 Å². The molecule has 2 heterocycles. The van der Waals surface area contributed by atoms with Crippen LogP contribution in [0.3, 0.4) is 0 Å². The lowest BCUT2D eigenvalue weighted by Crippen LogP contribution is -2.03. The SMILES string of the molecule is Cc1ccc(C(=O)c2cccc3ncccc23)cn1. The molecule has 3 aromatic rings. The molecule has 3 rings (SSSR count). The minimum absolute atomic E-state index is 0.0221. The van der Waals surface area contributed by atoms with Gasteiger partial charge in [0.15, 0.2) is 5.78 Å². The molecule has 0 aliphatic heterocycles. The average Bonchev–Trinajstić information content (AvgIpc) is 2.47. The molecular weight excluding hydrogens is 236 g/mol. The minimum atomic E-state index is -0.0221. The van der Waals surface area contributed by atoms with Crippen LogP contribution in [0.25, 0.3) is 10.9 Å². The molecule has 0 aliphatic carbocycles. The molecule has 0 N–H and O–H groups in total. The lowest BCUT2D eigenvalue weighted by atomic mass is 10.0. The number of hydrogen-bond donors (Lipinski definition) is 0. The number of rotatable bonds is 2. The zero-order valence-corrected chi connectivity index (χ0v) is 10.5. The van der Waals surface area contributed by atoms with Crippen LogP contribution in [0.15, 0.2) is 54.9 Å². The van der Waals surface area contributed by atoms with Gasteiger partial charge in [-0.3, -0.25) is 14.8 Å². The summed E-state index contributed by atoms with van der Waals surface area (Å²) in [6.45, 7) is 1.90. The smallest absolute Gasteiger partial charge is 0.195 e. The lowest BCUT2D eigenvalue weighted by molar-refractivity contribution is 0.104. The van der Waals surface area contributed by atoms with Gasteiger partial charge in [0.25, 0.3) is 0 Å². The molecule has 0 saturated carbocycles. The molecule has 3 nitrogen and oxygen atoms in total. The van der Waals surface area contributed by atoms with E-state index in [1.807, 2.05) is 43.3 Å². The van der Waals surface area contributed by atoms with Crippen molar-refractivity contribution in [2.45, 2.75) is 6.92 Å². The van der Waals surface area contributed by atoms with Gasteiger partial charge in [-0.05, 0) is 31.2 Å². The quantitative estimate of drug-likeness (QED) is 0.654. The number of hydrogen-bond acceptors (Lipinski definition) is 3. The molecule has 1 aromatic carbocycles. The van der Waals surface area contributed by atoms with Gasteiger partial charge in [-0.15, -0.1) is 0 Å². The van der Waals surface area contributed by atoms with Gasteiger partial charge in [-0.1, -0.05) is 18.2 Å². The van der Waals surface area contributed by atoms with Crippen LogP contribution < -0.4 is 0 Å². The number of nitrogens with zero attached hydrogens (tertiary/aromatic N) is 2. The Morgan fingerprint density at radius 1 is 1.00 bits per heavy atom. The van der Waals surface area contributed by atoms with Crippen LogP contribution in [0.1, 0.15) is 21.6 Å². The van der Waals surface area contributed by atoms with Crippen molar-refractivity contribution in [2.75, 3.05) is 0 Å². The van der Waals surface area contributed by atoms with Crippen molar-refractivity contribution in [1.29, 1.82) is 0 Å². The Labute approximate surface area is 111 Å². The minimum Gasteiger partial charge on any atom is -0.289 e. The first kappa shape index (κ1) is 11.5. The van der Waals surface area contributed by atoms with Crippen LogP contribution in [-0.2, 0) is 0 Å². The summed E-state index contributed by atoms with van der Waals surface area (Å²) in [4.78, 5) is 20.9. The van der Waals surface area contributed by atoms with E-state index in [2.05, 4.69) is 9.97 Å². The topological polar surface area (TPSA) is 42.9 Å². The maximum atomic E-state index is 12.5. The van der Waals surface area contributed by atoms with Crippen LogP contribution in [0.4, 0.5) is 0 Å². The number of ketones is 1. The Hall–Kier alpha value is -2.55. The highest BCUT2D eigenvalue weighted by molar-refractivity contribution is 6.15. The molecule has 0 saturated heterocycles. The van der Waals surface area contributed by atoms with Crippen LogP contribution in [0, 0.1) is 6.92 Å².